The number of nitrogens with zero attached hydrogens (tertiary/aromatic N) is 1. The predicted octanol–water partition coefficient (Wildman–Crippen LogP) is 4.26. The Bertz CT molecular complexity index is 639. The van der Waals surface area contributed by atoms with Crippen molar-refractivity contribution in [3.8, 4) is 0 Å². The number of hydrogen-bond donors (Lipinski definition) is 1. The van der Waals surface area contributed by atoms with E-state index in [0.717, 1.165) is 24.1 Å². The molecule has 1 saturated carbocycles. The molecule has 1 fully saturated rings. The van der Waals surface area contributed by atoms with Crippen molar-refractivity contribution in [2.45, 2.75) is 37.0 Å². The molecule has 0 aliphatic heterocycles. The highest BCUT2D eigenvalue weighted by Gasteiger charge is 2.40. The van der Waals surface area contributed by atoms with E-state index in [1.54, 1.807) is 18.3 Å². The normalized spacial score (nSPS) is 25.4. The number of aliphatic hydroxyl groups is 1. The fraction of sp³-hybridized carbons (Fsp3) is 0.353. The SMILES string of the molecule is O[C@@]1(c2ccccn2)CC[C@@H](c2ccc(C(F)(F)F)cc2)C1. The molecule has 0 radical (unpaired) electrons. The molecule has 116 valence electrons. The molecule has 0 bridgehead atoms. The number of hydrogen-bond acceptors (Lipinski definition) is 2. The number of aromatic nitrogens is 1. The van der Waals surface area contributed by atoms with Crippen LogP contribution < -0.4 is 0 Å². The molecule has 22 heavy (non-hydrogen) atoms. The molecule has 1 aromatic heterocycles. The minimum Gasteiger partial charge on any atom is -0.384 e. The third-order valence-electron chi connectivity index (χ3n) is 4.34. The van der Waals surface area contributed by atoms with Gasteiger partial charge < -0.3 is 5.11 Å². The first-order chi connectivity index (χ1) is 10.4. The molecular formula is C17H16F3NO. The maximum atomic E-state index is 12.6. The molecule has 0 spiro atoms. The van der Waals surface area contributed by atoms with Crippen LogP contribution in [-0.2, 0) is 11.8 Å². The van der Waals surface area contributed by atoms with Crippen LogP contribution in [0.25, 0.3) is 0 Å². The Morgan fingerprint density at radius 1 is 1.09 bits per heavy atom. The third kappa shape index (κ3) is 2.86. The summed E-state index contributed by atoms with van der Waals surface area (Å²) in [5, 5.41) is 10.7. The Kier molecular flexibility index (Phi) is 3.68. The first-order valence-corrected chi connectivity index (χ1v) is 7.19. The summed E-state index contributed by atoms with van der Waals surface area (Å²) in [6.45, 7) is 0. The van der Waals surface area contributed by atoms with E-state index >= 15 is 0 Å². The lowest BCUT2D eigenvalue weighted by atomic mass is 9.92. The molecule has 1 aromatic carbocycles. The smallest absolute Gasteiger partial charge is 0.384 e. The molecule has 0 unspecified atom stereocenters. The largest absolute Gasteiger partial charge is 0.416 e. The van der Waals surface area contributed by atoms with Crippen LogP contribution in [0.3, 0.4) is 0 Å². The Balaban J connectivity index is 1.78. The topological polar surface area (TPSA) is 33.1 Å². The average Bonchev–Trinajstić information content (AvgIpc) is 2.91. The van der Waals surface area contributed by atoms with Crippen molar-refractivity contribution < 1.29 is 18.3 Å². The minimum absolute atomic E-state index is 0.0503. The van der Waals surface area contributed by atoms with Gasteiger partial charge in [-0.1, -0.05) is 18.2 Å². The average molecular weight is 307 g/mol. The summed E-state index contributed by atoms with van der Waals surface area (Å²) in [6.07, 6.45) is -0.898. The molecule has 3 rings (SSSR count). The van der Waals surface area contributed by atoms with Gasteiger partial charge in [0.2, 0.25) is 0 Å². The van der Waals surface area contributed by atoms with Crippen molar-refractivity contribution in [1.29, 1.82) is 0 Å². The van der Waals surface area contributed by atoms with Crippen molar-refractivity contribution >= 4 is 0 Å². The molecule has 2 atom stereocenters. The lowest BCUT2D eigenvalue weighted by molar-refractivity contribution is -0.137. The molecule has 1 N–H and O–H groups in total. The summed E-state index contributed by atoms with van der Waals surface area (Å²) in [5.41, 5.74) is -0.173. The van der Waals surface area contributed by atoms with Gasteiger partial charge in [-0.15, -0.1) is 0 Å². The zero-order valence-corrected chi connectivity index (χ0v) is 11.8. The maximum absolute atomic E-state index is 12.6. The van der Waals surface area contributed by atoms with Gasteiger partial charge in [-0.25, -0.2) is 0 Å². The van der Waals surface area contributed by atoms with Crippen molar-refractivity contribution in [3.63, 3.8) is 0 Å². The molecule has 5 heteroatoms. The molecule has 2 nitrogen and oxygen atoms in total. The molecule has 1 heterocycles. The number of halogens is 3. The van der Waals surface area contributed by atoms with Crippen molar-refractivity contribution in [2.75, 3.05) is 0 Å². The Labute approximate surface area is 126 Å². The van der Waals surface area contributed by atoms with Gasteiger partial charge in [0.1, 0.15) is 5.60 Å². The zero-order chi connectivity index (χ0) is 15.8. The van der Waals surface area contributed by atoms with E-state index in [1.807, 2.05) is 6.07 Å². The monoisotopic (exact) mass is 307 g/mol. The quantitative estimate of drug-likeness (QED) is 0.899. The number of alkyl halides is 3. The van der Waals surface area contributed by atoms with Crippen LogP contribution in [0.15, 0.2) is 48.7 Å². The van der Waals surface area contributed by atoms with Gasteiger partial charge in [0.05, 0.1) is 11.3 Å². The van der Waals surface area contributed by atoms with Gasteiger partial charge in [-0.3, -0.25) is 4.98 Å². The summed E-state index contributed by atoms with van der Waals surface area (Å²) >= 11 is 0. The molecule has 1 aliphatic carbocycles. The van der Waals surface area contributed by atoms with Crippen LogP contribution in [0.2, 0.25) is 0 Å². The van der Waals surface area contributed by atoms with Gasteiger partial charge in [-0.2, -0.15) is 13.2 Å². The van der Waals surface area contributed by atoms with Gasteiger partial charge in [0.25, 0.3) is 0 Å². The van der Waals surface area contributed by atoms with Crippen LogP contribution in [0.5, 0.6) is 0 Å². The Morgan fingerprint density at radius 2 is 1.82 bits per heavy atom. The molecule has 0 amide bonds. The standard InChI is InChI=1S/C17H16F3NO/c18-17(19,20)14-6-4-12(5-7-14)13-8-9-16(22,11-13)15-3-1-2-10-21-15/h1-7,10,13,22H,8-9,11H2/t13-,16+/m1/s1. The lowest BCUT2D eigenvalue weighted by Crippen LogP contribution is -2.22. The third-order valence-corrected chi connectivity index (χ3v) is 4.34. The summed E-state index contributed by atoms with van der Waals surface area (Å²) in [7, 11) is 0. The fourth-order valence-electron chi connectivity index (χ4n) is 3.12. The van der Waals surface area contributed by atoms with Crippen molar-refractivity contribution in [1.82, 2.24) is 4.98 Å². The molecule has 0 saturated heterocycles. The first kappa shape index (κ1) is 15.0. The highest BCUT2D eigenvalue weighted by molar-refractivity contribution is 5.29. The highest BCUT2D eigenvalue weighted by Crippen LogP contribution is 2.46. The van der Waals surface area contributed by atoms with Crippen LogP contribution in [-0.4, -0.2) is 10.1 Å². The van der Waals surface area contributed by atoms with E-state index < -0.39 is 17.3 Å². The van der Waals surface area contributed by atoms with Crippen LogP contribution in [0.1, 0.15) is 42.0 Å². The summed E-state index contributed by atoms with van der Waals surface area (Å²) in [6, 6.07) is 10.6. The van der Waals surface area contributed by atoms with Crippen LogP contribution in [0, 0.1) is 0 Å². The maximum Gasteiger partial charge on any atom is 0.416 e. The predicted molar refractivity (Wildman–Crippen MR) is 76.2 cm³/mol. The van der Waals surface area contributed by atoms with Crippen LogP contribution >= 0.6 is 0 Å². The van der Waals surface area contributed by atoms with Gasteiger partial charge >= 0.3 is 6.18 Å². The van der Waals surface area contributed by atoms with Crippen molar-refractivity contribution in [2.24, 2.45) is 0 Å². The van der Waals surface area contributed by atoms with Gasteiger partial charge in [-0.05, 0) is 55.0 Å². The van der Waals surface area contributed by atoms with E-state index in [4.69, 9.17) is 0 Å². The Morgan fingerprint density at radius 3 is 2.41 bits per heavy atom. The van der Waals surface area contributed by atoms with Crippen LogP contribution in [0.4, 0.5) is 13.2 Å². The summed E-state index contributed by atoms with van der Waals surface area (Å²) < 4.78 is 37.8. The fourth-order valence-corrected chi connectivity index (χ4v) is 3.12. The second kappa shape index (κ2) is 5.39. The zero-order valence-electron chi connectivity index (χ0n) is 11.8. The van der Waals surface area contributed by atoms with Crippen molar-refractivity contribution in [3.05, 3.63) is 65.5 Å². The highest BCUT2D eigenvalue weighted by atomic mass is 19.4. The lowest BCUT2D eigenvalue weighted by Gasteiger charge is -2.22. The van der Waals surface area contributed by atoms with Gasteiger partial charge in [0, 0.05) is 6.20 Å². The van der Waals surface area contributed by atoms with E-state index in [9.17, 15) is 18.3 Å². The first-order valence-electron chi connectivity index (χ1n) is 7.19. The van der Waals surface area contributed by atoms with E-state index in [0.29, 0.717) is 18.5 Å². The molecular weight excluding hydrogens is 291 g/mol. The second-order valence-corrected chi connectivity index (χ2v) is 5.81. The van der Waals surface area contributed by atoms with E-state index in [2.05, 4.69) is 4.98 Å². The summed E-state index contributed by atoms with van der Waals surface area (Å²) in [5.74, 6) is 0.0503. The molecule has 2 aromatic rings. The summed E-state index contributed by atoms with van der Waals surface area (Å²) in [4.78, 5) is 4.21. The number of rotatable bonds is 2. The minimum atomic E-state index is -4.32. The molecule has 1 aliphatic rings. The van der Waals surface area contributed by atoms with E-state index in [-0.39, 0.29) is 5.92 Å². The Hall–Kier alpha value is -1.88. The number of benzene rings is 1. The number of pyridine rings is 1. The second-order valence-electron chi connectivity index (χ2n) is 5.81. The van der Waals surface area contributed by atoms with E-state index in [1.165, 1.54) is 12.1 Å². The van der Waals surface area contributed by atoms with Gasteiger partial charge in [0.15, 0.2) is 0 Å².